The molecule has 1 N–H and O–H groups in total. The summed E-state index contributed by atoms with van der Waals surface area (Å²) >= 11 is 0. The number of amides is 1. The van der Waals surface area contributed by atoms with E-state index in [1.54, 1.807) is 25.1 Å². The lowest BCUT2D eigenvalue weighted by atomic mass is 9.87. The Kier molecular flexibility index (Phi) is 4.55. The Balaban J connectivity index is 2.21. The number of carbonyl (C=O) groups is 1. The Bertz CT molecular complexity index is 676. The van der Waals surface area contributed by atoms with E-state index in [9.17, 15) is 14.9 Å². The van der Waals surface area contributed by atoms with Crippen LogP contribution < -0.4 is 5.32 Å². The highest BCUT2D eigenvalue weighted by Gasteiger charge is 2.25. The predicted octanol–water partition coefficient (Wildman–Crippen LogP) is 3.27. The Hall–Kier alpha value is -2.70. The molecule has 1 heterocycles. The van der Waals surface area contributed by atoms with E-state index in [1.165, 1.54) is 12.1 Å². The van der Waals surface area contributed by atoms with Crippen molar-refractivity contribution in [1.29, 1.82) is 0 Å². The summed E-state index contributed by atoms with van der Waals surface area (Å²) in [5.74, 6) is 0.325. The normalized spacial score (nSPS) is 12.2. The maximum Gasteiger partial charge on any atom is 0.269 e. The quantitative estimate of drug-likeness (QED) is 0.675. The number of anilines is 1. The number of aryl methyl sites for hydroxylation is 1. The number of nitrogens with zero attached hydrogens (tertiary/aromatic N) is 2. The maximum absolute atomic E-state index is 12.5. The fourth-order valence-electron chi connectivity index (χ4n) is 2.27. The number of non-ortho nitro benzene ring substituents is 1. The van der Waals surface area contributed by atoms with E-state index in [2.05, 4.69) is 10.5 Å². The van der Waals surface area contributed by atoms with Gasteiger partial charge in [-0.15, -0.1) is 0 Å². The van der Waals surface area contributed by atoms with Gasteiger partial charge in [-0.1, -0.05) is 31.1 Å². The number of hydrogen-bond donors (Lipinski definition) is 1. The molecular formula is C15H17N3O4. The van der Waals surface area contributed by atoms with Crippen molar-refractivity contribution in [3.8, 4) is 0 Å². The monoisotopic (exact) mass is 303 g/mol. The number of benzene rings is 1. The van der Waals surface area contributed by atoms with Gasteiger partial charge in [-0.3, -0.25) is 14.9 Å². The predicted molar refractivity (Wildman–Crippen MR) is 80.5 cm³/mol. The van der Waals surface area contributed by atoms with Crippen molar-refractivity contribution in [2.24, 2.45) is 5.92 Å². The zero-order valence-electron chi connectivity index (χ0n) is 12.6. The van der Waals surface area contributed by atoms with E-state index in [1.807, 2.05) is 13.8 Å². The highest BCUT2D eigenvalue weighted by Crippen LogP contribution is 2.27. The van der Waals surface area contributed by atoms with Crippen molar-refractivity contribution in [1.82, 2.24) is 5.16 Å². The van der Waals surface area contributed by atoms with Crippen molar-refractivity contribution >= 4 is 17.4 Å². The van der Waals surface area contributed by atoms with E-state index in [0.717, 1.165) is 5.56 Å². The van der Waals surface area contributed by atoms with Gasteiger partial charge in [0.25, 0.3) is 5.69 Å². The number of nitro groups is 1. The minimum atomic E-state index is -0.466. The van der Waals surface area contributed by atoms with Crippen LogP contribution in [-0.2, 0) is 4.79 Å². The van der Waals surface area contributed by atoms with Crippen LogP contribution in [0.4, 0.5) is 11.5 Å². The molecule has 7 heteroatoms. The molecule has 2 aromatic rings. The van der Waals surface area contributed by atoms with E-state index < -0.39 is 10.8 Å². The third-order valence-corrected chi connectivity index (χ3v) is 3.29. The summed E-state index contributed by atoms with van der Waals surface area (Å²) in [5, 5.41) is 17.1. The molecule has 1 aromatic heterocycles. The zero-order chi connectivity index (χ0) is 16.3. The smallest absolute Gasteiger partial charge is 0.269 e. The van der Waals surface area contributed by atoms with Crippen LogP contribution in [0.25, 0.3) is 0 Å². The molecule has 0 aliphatic heterocycles. The second-order valence-electron chi connectivity index (χ2n) is 5.38. The lowest BCUT2D eigenvalue weighted by molar-refractivity contribution is -0.384. The summed E-state index contributed by atoms with van der Waals surface area (Å²) in [6, 6.07) is 7.65. The van der Waals surface area contributed by atoms with Crippen molar-refractivity contribution in [3.05, 3.63) is 51.8 Å². The molecule has 0 bridgehead atoms. The number of nitrogens with one attached hydrogen (secondary N) is 1. The van der Waals surface area contributed by atoms with Gasteiger partial charge in [0.05, 0.1) is 10.8 Å². The van der Waals surface area contributed by atoms with Gasteiger partial charge in [-0.2, -0.15) is 0 Å². The third-order valence-electron chi connectivity index (χ3n) is 3.29. The van der Waals surface area contributed by atoms with Crippen molar-refractivity contribution in [3.63, 3.8) is 0 Å². The maximum atomic E-state index is 12.5. The van der Waals surface area contributed by atoms with Gasteiger partial charge in [0, 0.05) is 18.2 Å². The van der Waals surface area contributed by atoms with Crippen LogP contribution in [0.5, 0.6) is 0 Å². The largest absolute Gasteiger partial charge is 0.360 e. The van der Waals surface area contributed by atoms with Crippen LogP contribution in [0.2, 0.25) is 0 Å². The van der Waals surface area contributed by atoms with Gasteiger partial charge in [0.15, 0.2) is 5.82 Å². The van der Waals surface area contributed by atoms with E-state index in [4.69, 9.17) is 4.52 Å². The fraction of sp³-hybridized carbons (Fsp3) is 0.333. The fourth-order valence-corrected chi connectivity index (χ4v) is 2.27. The molecule has 22 heavy (non-hydrogen) atoms. The second-order valence-corrected chi connectivity index (χ2v) is 5.38. The van der Waals surface area contributed by atoms with Gasteiger partial charge in [-0.25, -0.2) is 0 Å². The van der Waals surface area contributed by atoms with E-state index >= 15 is 0 Å². The number of aromatic nitrogens is 1. The van der Waals surface area contributed by atoms with Gasteiger partial charge >= 0.3 is 0 Å². The molecule has 7 nitrogen and oxygen atoms in total. The summed E-state index contributed by atoms with van der Waals surface area (Å²) < 4.78 is 4.91. The standard InChI is InChI=1S/C15H17N3O4/c1-9(2)14(11-4-6-12(7-5-11)18(20)21)15(19)16-13-8-10(3)22-17-13/h4-9,14H,1-3H3,(H,16,17,19). The van der Waals surface area contributed by atoms with Gasteiger partial charge in [-0.05, 0) is 18.4 Å². The molecule has 0 spiro atoms. The molecule has 1 aromatic carbocycles. The summed E-state index contributed by atoms with van der Waals surface area (Å²) in [5.41, 5.74) is 0.720. The molecule has 116 valence electrons. The Morgan fingerprint density at radius 1 is 1.32 bits per heavy atom. The van der Waals surface area contributed by atoms with E-state index in [0.29, 0.717) is 11.6 Å². The molecule has 2 rings (SSSR count). The molecule has 0 aliphatic carbocycles. The lowest BCUT2D eigenvalue weighted by Gasteiger charge is -2.19. The van der Waals surface area contributed by atoms with Crippen LogP contribution in [0.15, 0.2) is 34.9 Å². The summed E-state index contributed by atoms with van der Waals surface area (Å²) in [6.07, 6.45) is 0. The van der Waals surface area contributed by atoms with Crippen LogP contribution in [0, 0.1) is 23.0 Å². The molecule has 1 atom stereocenters. The first-order chi connectivity index (χ1) is 10.4. The average molecular weight is 303 g/mol. The molecule has 0 fully saturated rings. The second kappa shape index (κ2) is 6.38. The first-order valence-electron chi connectivity index (χ1n) is 6.87. The Morgan fingerprint density at radius 3 is 2.41 bits per heavy atom. The van der Waals surface area contributed by atoms with Crippen molar-refractivity contribution < 1.29 is 14.2 Å². The molecule has 0 radical (unpaired) electrons. The minimum Gasteiger partial charge on any atom is -0.360 e. The van der Waals surface area contributed by atoms with Crippen molar-refractivity contribution in [2.75, 3.05) is 5.32 Å². The summed E-state index contributed by atoms with van der Waals surface area (Å²) in [7, 11) is 0. The average Bonchev–Trinajstić information content (AvgIpc) is 2.84. The number of hydrogen-bond acceptors (Lipinski definition) is 5. The topological polar surface area (TPSA) is 98.3 Å². The van der Waals surface area contributed by atoms with Crippen LogP contribution in [0.1, 0.15) is 31.1 Å². The highest BCUT2D eigenvalue weighted by molar-refractivity contribution is 5.95. The number of carbonyl (C=O) groups excluding carboxylic acids is 1. The molecule has 0 saturated carbocycles. The summed E-state index contributed by atoms with van der Waals surface area (Å²) in [4.78, 5) is 22.7. The number of rotatable bonds is 5. The SMILES string of the molecule is Cc1cc(NC(=O)C(c2ccc([N+](=O)[O-])cc2)C(C)C)no1. The summed E-state index contributed by atoms with van der Waals surface area (Å²) in [6.45, 7) is 5.57. The van der Waals surface area contributed by atoms with E-state index in [-0.39, 0.29) is 17.5 Å². The molecule has 0 aliphatic rings. The first kappa shape index (κ1) is 15.7. The highest BCUT2D eigenvalue weighted by atomic mass is 16.6. The number of nitro benzene ring substituents is 1. The Labute approximate surface area is 127 Å². The first-order valence-corrected chi connectivity index (χ1v) is 6.87. The molecule has 0 saturated heterocycles. The Morgan fingerprint density at radius 2 is 1.95 bits per heavy atom. The van der Waals surface area contributed by atoms with Gasteiger partial charge in [0.1, 0.15) is 5.76 Å². The third kappa shape index (κ3) is 3.49. The van der Waals surface area contributed by atoms with Crippen LogP contribution in [0.3, 0.4) is 0 Å². The molecular weight excluding hydrogens is 286 g/mol. The lowest BCUT2D eigenvalue weighted by Crippen LogP contribution is -2.25. The van der Waals surface area contributed by atoms with Gasteiger partial charge in [0.2, 0.25) is 5.91 Å². The van der Waals surface area contributed by atoms with Gasteiger partial charge < -0.3 is 9.84 Å². The minimum absolute atomic E-state index is 0.00112. The van der Waals surface area contributed by atoms with Crippen LogP contribution in [-0.4, -0.2) is 16.0 Å². The van der Waals surface area contributed by atoms with Crippen LogP contribution >= 0.6 is 0 Å². The zero-order valence-corrected chi connectivity index (χ0v) is 12.6. The van der Waals surface area contributed by atoms with Crippen molar-refractivity contribution in [2.45, 2.75) is 26.7 Å². The molecule has 1 amide bonds. The molecule has 1 unspecified atom stereocenters.